The van der Waals surface area contributed by atoms with Gasteiger partial charge in [-0.25, -0.2) is 4.57 Å². The molecule has 14 heavy (non-hydrogen) atoms. The summed E-state index contributed by atoms with van der Waals surface area (Å²) >= 11 is 0. The molecule has 0 aliphatic heterocycles. The standard InChI is InChI=1S/Ca.H3O4P.8H2O.2H/c;1-5(2,3)4;;;;;;;;;;/h;(H3,1,2,3,4);8*1H2;;. The van der Waals surface area contributed by atoms with E-state index in [0.29, 0.717) is 0 Å². The Kier molecular flexibility index (Phi) is 401. The molecular weight excluding hydrogens is 263 g/mol. The Balaban J connectivity index is -0.00000000222. The number of hydrogen-bond acceptors (Lipinski definition) is 1. The molecule has 0 heterocycles. The van der Waals surface area contributed by atoms with Gasteiger partial charge in [0.05, 0.1) is 0 Å². The minimum atomic E-state index is -4.64. The molecule has 0 unspecified atom stereocenters. The van der Waals surface area contributed by atoms with E-state index in [2.05, 4.69) is 0 Å². The van der Waals surface area contributed by atoms with Crippen molar-refractivity contribution in [2.45, 2.75) is 0 Å². The monoisotopic (exact) mass is 284 g/mol. The predicted octanol–water partition coefficient (Wildman–Crippen LogP) is -8.44. The van der Waals surface area contributed by atoms with E-state index in [9.17, 15) is 0 Å². The minimum absolute atomic E-state index is 0. The van der Waals surface area contributed by atoms with Gasteiger partial charge in [0.15, 0.2) is 0 Å². The van der Waals surface area contributed by atoms with Crippen LogP contribution in [0.3, 0.4) is 0 Å². The molecule has 0 radical (unpaired) electrons. The molecule has 0 aromatic heterocycles. The van der Waals surface area contributed by atoms with Crippen molar-refractivity contribution in [1.82, 2.24) is 0 Å². The molecule has 0 amide bonds. The maximum absolute atomic E-state index is 8.88. The summed E-state index contributed by atoms with van der Waals surface area (Å²) in [5, 5.41) is 0. The zero-order chi connectivity index (χ0) is 4.50. The summed E-state index contributed by atoms with van der Waals surface area (Å²) < 4.78 is 8.88. The van der Waals surface area contributed by atoms with Gasteiger partial charge in [0, 0.05) is 0 Å². The SMILES string of the molecule is O.O.O.O.O.O.O.O.O=P(O)(O)O.[CaH2]. The van der Waals surface area contributed by atoms with E-state index in [1.807, 2.05) is 0 Å². The third-order valence-corrected chi connectivity index (χ3v) is 0. The first-order valence-corrected chi connectivity index (χ1v) is 2.35. The van der Waals surface area contributed by atoms with Crippen molar-refractivity contribution in [3.8, 4) is 0 Å². The van der Waals surface area contributed by atoms with Crippen LogP contribution in [-0.4, -0.2) is 96.2 Å². The van der Waals surface area contributed by atoms with Crippen molar-refractivity contribution in [3.05, 3.63) is 0 Å². The second-order valence-electron chi connectivity index (χ2n) is 0.513. The quantitative estimate of drug-likeness (QED) is 0.287. The molecule has 100 valence electrons. The molecule has 0 aromatic carbocycles. The van der Waals surface area contributed by atoms with Gasteiger partial charge in [-0.3, -0.25) is 0 Å². The van der Waals surface area contributed by atoms with E-state index in [1.165, 1.54) is 0 Å². The van der Waals surface area contributed by atoms with Crippen molar-refractivity contribution in [3.63, 3.8) is 0 Å². The Morgan fingerprint density at radius 2 is 0.571 bits per heavy atom. The van der Waals surface area contributed by atoms with Crippen LogP contribution in [0.5, 0.6) is 0 Å². The molecule has 14 heteroatoms. The molecule has 0 aliphatic carbocycles. The van der Waals surface area contributed by atoms with Crippen LogP contribution in [0.2, 0.25) is 0 Å². The van der Waals surface area contributed by atoms with Crippen LogP contribution >= 0.6 is 7.82 Å². The van der Waals surface area contributed by atoms with Crippen LogP contribution in [0.1, 0.15) is 0 Å². The zero-order valence-corrected chi connectivity index (χ0v) is 7.09. The van der Waals surface area contributed by atoms with Crippen molar-refractivity contribution < 1.29 is 63.1 Å². The van der Waals surface area contributed by atoms with E-state index >= 15 is 0 Å². The normalized spacial score (nSPS) is 4.21. The van der Waals surface area contributed by atoms with E-state index in [0.717, 1.165) is 0 Å². The van der Waals surface area contributed by atoms with Gasteiger partial charge in [0.25, 0.3) is 0 Å². The molecule has 0 bridgehead atoms. The van der Waals surface area contributed by atoms with E-state index in [1.54, 1.807) is 0 Å². The van der Waals surface area contributed by atoms with Gasteiger partial charge in [-0.1, -0.05) is 0 Å². The summed E-state index contributed by atoms with van der Waals surface area (Å²) in [4.78, 5) is 21.6. The molecular formula is H21CaO12P. The summed E-state index contributed by atoms with van der Waals surface area (Å²) in [6.45, 7) is 0. The van der Waals surface area contributed by atoms with Gasteiger partial charge in [-0.2, -0.15) is 0 Å². The van der Waals surface area contributed by atoms with Crippen LogP contribution in [-0.2, 0) is 4.57 Å². The summed E-state index contributed by atoms with van der Waals surface area (Å²) in [7, 11) is -4.64. The third-order valence-electron chi connectivity index (χ3n) is 0. The van der Waals surface area contributed by atoms with Crippen molar-refractivity contribution in [1.29, 1.82) is 0 Å². The Bertz CT molecular complexity index is 56.5. The molecule has 0 aliphatic rings. The van der Waals surface area contributed by atoms with Gasteiger partial charge in [-0.05, 0) is 0 Å². The fraction of sp³-hybridized carbons (Fsp3) is 0. The van der Waals surface area contributed by atoms with Crippen molar-refractivity contribution >= 4 is 45.6 Å². The summed E-state index contributed by atoms with van der Waals surface area (Å²) in [5.74, 6) is 0. The Morgan fingerprint density at radius 3 is 0.571 bits per heavy atom. The van der Waals surface area contributed by atoms with E-state index < -0.39 is 7.82 Å². The predicted molar refractivity (Wildman–Crippen MR) is 51.7 cm³/mol. The topological polar surface area (TPSA) is 330 Å². The van der Waals surface area contributed by atoms with E-state index in [4.69, 9.17) is 19.2 Å². The first-order valence-electron chi connectivity index (χ1n) is 0.783. The molecule has 0 saturated carbocycles. The number of hydrogen-bond donors (Lipinski definition) is 3. The van der Waals surface area contributed by atoms with Gasteiger partial charge >= 0.3 is 45.6 Å². The average Bonchev–Trinajstić information content (AvgIpc) is 0.722. The molecule has 0 spiro atoms. The molecule has 0 rings (SSSR count). The van der Waals surface area contributed by atoms with Crippen LogP contribution in [0.4, 0.5) is 0 Å². The molecule has 12 nitrogen and oxygen atoms in total. The maximum atomic E-state index is 8.88. The van der Waals surface area contributed by atoms with Gasteiger partial charge in [0.2, 0.25) is 0 Å². The average molecular weight is 284 g/mol. The van der Waals surface area contributed by atoms with Gasteiger partial charge in [-0.15, -0.1) is 0 Å². The van der Waals surface area contributed by atoms with Crippen LogP contribution in [0.25, 0.3) is 0 Å². The summed E-state index contributed by atoms with van der Waals surface area (Å²) in [6, 6.07) is 0. The van der Waals surface area contributed by atoms with Crippen molar-refractivity contribution in [2.75, 3.05) is 0 Å². The zero-order valence-electron chi connectivity index (χ0n) is 6.20. The van der Waals surface area contributed by atoms with Crippen LogP contribution in [0, 0.1) is 0 Å². The summed E-state index contributed by atoms with van der Waals surface area (Å²) in [6.07, 6.45) is 0. The first-order chi connectivity index (χ1) is 2.00. The van der Waals surface area contributed by atoms with Crippen molar-refractivity contribution in [2.24, 2.45) is 0 Å². The second-order valence-corrected chi connectivity index (χ2v) is 1.54. The second kappa shape index (κ2) is 48.1. The molecule has 0 saturated heterocycles. The molecule has 0 fully saturated rings. The summed E-state index contributed by atoms with van der Waals surface area (Å²) in [5.41, 5.74) is 0. The Morgan fingerprint density at radius 1 is 0.571 bits per heavy atom. The molecule has 0 aromatic rings. The van der Waals surface area contributed by atoms with Crippen LogP contribution in [0.15, 0.2) is 0 Å². The fourth-order valence-corrected chi connectivity index (χ4v) is 0. The Hall–Kier alpha value is 1.05. The third kappa shape index (κ3) is 1720. The van der Waals surface area contributed by atoms with Gasteiger partial charge in [0.1, 0.15) is 0 Å². The molecule has 19 N–H and O–H groups in total. The first kappa shape index (κ1) is 117. The number of rotatable bonds is 0. The fourth-order valence-electron chi connectivity index (χ4n) is 0. The van der Waals surface area contributed by atoms with Crippen LogP contribution < -0.4 is 0 Å². The number of phosphoric acid groups is 1. The Labute approximate surface area is 108 Å². The van der Waals surface area contributed by atoms with Gasteiger partial charge < -0.3 is 58.5 Å². The molecule has 0 atom stereocenters. The van der Waals surface area contributed by atoms with E-state index in [-0.39, 0.29) is 81.5 Å².